The lowest BCUT2D eigenvalue weighted by molar-refractivity contribution is -0.123. The van der Waals surface area contributed by atoms with Gasteiger partial charge in [-0.2, -0.15) is 0 Å². The molecule has 4 aliphatic rings. The van der Waals surface area contributed by atoms with E-state index in [0.29, 0.717) is 11.4 Å². The smallest absolute Gasteiger partial charge is 0.305 e. The normalized spacial score (nSPS) is 30.2. The van der Waals surface area contributed by atoms with Crippen LogP contribution in [0, 0.1) is 29.6 Å². The maximum Gasteiger partial charge on any atom is 0.305 e. The first kappa shape index (κ1) is 24.6. The number of phenolic OH excluding ortho intramolecular Hbond substituents is 1. The standard InChI is InChI=1S/C28H26N2O7S2/c1-35-13-6-4-12(5-7-13)30-26(32)20-14-10-15(21(20)27(30)33)23-19(14)18(24-25(38-23)29-28(34)39-24)11-8-16(36-2)22(31)17(9-11)37-3/h4-9,14-15,18-21,23,31H,10H2,1-3H3,(H,29,34)/t14?,15?,18-,19?,20?,21?,23?/m1/s1. The number of thioether (sulfide) groups is 1. The molecule has 1 aromatic heterocycles. The SMILES string of the molecule is COc1ccc(N2C(=O)C3C4CC(C3C2=O)C2C4Sc3[nH]c(=O)sc3[C@@H]2c2cc(OC)c(O)c(OC)c2)cc1. The first-order valence-corrected chi connectivity index (χ1v) is 14.4. The van der Waals surface area contributed by atoms with Crippen LogP contribution in [0.25, 0.3) is 0 Å². The first-order chi connectivity index (χ1) is 18.9. The molecule has 1 saturated heterocycles. The third kappa shape index (κ3) is 3.35. The van der Waals surface area contributed by atoms with Gasteiger partial charge in [-0.15, -0.1) is 11.8 Å². The Morgan fingerprint density at radius 1 is 0.923 bits per heavy atom. The largest absolute Gasteiger partial charge is 0.502 e. The maximum atomic E-state index is 13.9. The fourth-order valence-electron chi connectivity index (χ4n) is 7.47. The number of aromatic nitrogens is 1. The molecule has 2 N–H and O–H groups in total. The second-order valence-electron chi connectivity index (χ2n) is 10.4. The van der Waals surface area contributed by atoms with Crippen LogP contribution in [0.3, 0.4) is 0 Å². The number of fused-ring (bicyclic) bond motifs is 9. The number of rotatable bonds is 5. The van der Waals surface area contributed by atoms with Gasteiger partial charge in [-0.05, 0) is 66.1 Å². The Balaban J connectivity index is 1.33. The van der Waals surface area contributed by atoms with Gasteiger partial charge in [-0.1, -0.05) is 11.3 Å². The summed E-state index contributed by atoms with van der Waals surface area (Å²) in [5.41, 5.74) is 1.41. The van der Waals surface area contributed by atoms with E-state index >= 15 is 0 Å². The Labute approximate surface area is 232 Å². The van der Waals surface area contributed by atoms with Crippen molar-refractivity contribution in [1.82, 2.24) is 4.98 Å². The van der Waals surface area contributed by atoms with E-state index in [1.165, 1.54) is 30.5 Å². The van der Waals surface area contributed by atoms with Crippen LogP contribution < -0.4 is 24.0 Å². The molecular formula is C28H26N2O7S2. The molecule has 3 fully saturated rings. The predicted octanol–water partition coefficient (Wildman–Crippen LogP) is 3.85. The van der Waals surface area contributed by atoms with Gasteiger partial charge in [0.2, 0.25) is 17.6 Å². The van der Waals surface area contributed by atoms with Gasteiger partial charge < -0.3 is 24.3 Å². The van der Waals surface area contributed by atoms with E-state index < -0.39 is 5.92 Å². The van der Waals surface area contributed by atoms with Crippen molar-refractivity contribution in [2.45, 2.75) is 22.6 Å². The van der Waals surface area contributed by atoms with Crippen LogP contribution in [0.5, 0.6) is 23.0 Å². The molecule has 39 heavy (non-hydrogen) atoms. The molecule has 2 aliphatic heterocycles. The minimum Gasteiger partial charge on any atom is -0.502 e. The molecule has 2 saturated carbocycles. The Morgan fingerprint density at radius 2 is 1.56 bits per heavy atom. The molecule has 2 aliphatic carbocycles. The second-order valence-corrected chi connectivity index (χ2v) is 12.6. The Bertz CT molecular complexity index is 1540. The van der Waals surface area contributed by atoms with E-state index in [0.717, 1.165) is 21.9 Å². The fourth-order valence-corrected chi connectivity index (χ4v) is 10.4. The molecule has 2 bridgehead atoms. The number of phenols is 1. The van der Waals surface area contributed by atoms with Gasteiger partial charge in [-0.3, -0.25) is 19.3 Å². The van der Waals surface area contributed by atoms with Crippen LogP contribution in [0.15, 0.2) is 46.2 Å². The highest BCUT2D eigenvalue weighted by atomic mass is 32.2. The molecule has 202 valence electrons. The summed E-state index contributed by atoms with van der Waals surface area (Å²) in [5.74, 6) is -0.176. The number of nitrogens with zero attached hydrogens (tertiary/aromatic N) is 1. The average Bonchev–Trinajstić information content (AvgIpc) is 3.67. The van der Waals surface area contributed by atoms with Crippen molar-refractivity contribution in [3.05, 3.63) is 56.5 Å². The molecule has 6 unspecified atom stereocenters. The van der Waals surface area contributed by atoms with E-state index in [2.05, 4.69) is 4.98 Å². The Hall–Kier alpha value is -3.44. The zero-order chi connectivity index (χ0) is 27.2. The van der Waals surface area contributed by atoms with E-state index in [1.807, 2.05) is 0 Å². The fraction of sp³-hybridized carbons (Fsp3) is 0.393. The van der Waals surface area contributed by atoms with Crippen molar-refractivity contribution in [2.75, 3.05) is 26.2 Å². The van der Waals surface area contributed by atoms with Gasteiger partial charge in [0.15, 0.2) is 11.5 Å². The lowest BCUT2D eigenvalue weighted by atomic mass is 9.68. The highest BCUT2D eigenvalue weighted by Gasteiger charge is 2.69. The number of aromatic hydroxyl groups is 1. The summed E-state index contributed by atoms with van der Waals surface area (Å²) in [6.45, 7) is 0. The third-order valence-electron chi connectivity index (χ3n) is 8.92. The number of anilines is 1. The van der Waals surface area contributed by atoms with E-state index in [-0.39, 0.29) is 68.8 Å². The molecule has 7 atom stereocenters. The molecule has 0 spiro atoms. The number of benzene rings is 2. The van der Waals surface area contributed by atoms with Crippen LogP contribution in [-0.2, 0) is 9.59 Å². The van der Waals surface area contributed by atoms with Gasteiger partial charge in [-0.25, -0.2) is 0 Å². The number of thiazole rings is 1. The third-order valence-corrected chi connectivity index (χ3v) is 11.5. The average molecular weight is 567 g/mol. The van der Waals surface area contributed by atoms with Crippen LogP contribution in [0.2, 0.25) is 0 Å². The summed E-state index contributed by atoms with van der Waals surface area (Å²) in [5, 5.41) is 11.4. The van der Waals surface area contributed by atoms with Crippen molar-refractivity contribution in [3.8, 4) is 23.0 Å². The lowest BCUT2D eigenvalue weighted by Crippen LogP contribution is -2.42. The number of hydrogen-bond acceptors (Lipinski definition) is 9. The van der Waals surface area contributed by atoms with Crippen LogP contribution >= 0.6 is 23.1 Å². The zero-order valence-electron chi connectivity index (χ0n) is 21.4. The molecule has 0 radical (unpaired) electrons. The maximum absolute atomic E-state index is 13.9. The number of carbonyl (C=O) groups excluding carboxylic acids is 2. The number of nitrogens with one attached hydrogen (secondary N) is 1. The zero-order valence-corrected chi connectivity index (χ0v) is 23.0. The van der Waals surface area contributed by atoms with Crippen LogP contribution in [-0.4, -0.2) is 48.5 Å². The van der Waals surface area contributed by atoms with E-state index in [4.69, 9.17) is 14.2 Å². The van der Waals surface area contributed by atoms with E-state index in [1.54, 1.807) is 55.3 Å². The summed E-state index contributed by atoms with van der Waals surface area (Å²) in [7, 11) is 4.54. The molecule has 3 aromatic rings. The number of H-pyrrole nitrogens is 1. The van der Waals surface area contributed by atoms with Crippen LogP contribution in [0.1, 0.15) is 22.8 Å². The van der Waals surface area contributed by atoms with Crippen molar-refractivity contribution in [2.24, 2.45) is 29.6 Å². The summed E-state index contributed by atoms with van der Waals surface area (Å²) in [6, 6.07) is 10.6. The molecular weight excluding hydrogens is 540 g/mol. The molecule has 9 nitrogen and oxygen atoms in total. The quantitative estimate of drug-likeness (QED) is 0.448. The Kier molecular flexibility index (Phi) is 5.54. The summed E-state index contributed by atoms with van der Waals surface area (Å²) >= 11 is 2.81. The van der Waals surface area contributed by atoms with Crippen LogP contribution in [0.4, 0.5) is 5.69 Å². The summed E-state index contributed by atoms with van der Waals surface area (Å²) in [6.07, 6.45) is 0.785. The number of methoxy groups -OCH3 is 3. The monoisotopic (exact) mass is 566 g/mol. The molecule has 3 heterocycles. The van der Waals surface area contributed by atoms with Crippen molar-refractivity contribution in [1.29, 1.82) is 0 Å². The number of amides is 2. The van der Waals surface area contributed by atoms with Crippen molar-refractivity contribution in [3.63, 3.8) is 0 Å². The highest BCUT2D eigenvalue weighted by Crippen LogP contribution is 2.69. The number of ether oxygens (including phenoxy) is 3. The number of hydrogen-bond donors (Lipinski definition) is 2. The molecule has 2 amide bonds. The summed E-state index contributed by atoms with van der Waals surface area (Å²) < 4.78 is 16.1. The number of aromatic amines is 1. The topological polar surface area (TPSA) is 118 Å². The molecule has 7 rings (SSSR count). The minimum absolute atomic E-state index is 0.00894. The number of carbonyl (C=O) groups is 2. The van der Waals surface area contributed by atoms with Gasteiger partial charge in [0.25, 0.3) is 0 Å². The second kappa shape index (κ2) is 8.79. The van der Waals surface area contributed by atoms with Gasteiger partial charge in [0, 0.05) is 16.0 Å². The van der Waals surface area contributed by atoms with E-state index in [9.17, 15) is 19.5 Å². The summed E-state index contributed by atoms with van der Waals surface area (Å²) in [4.78, 5) is 45.3. The highest BCUT2D eigenvalue weighted by molar-refractivity contribution is 8.00. The van der Waals surface area contributed by atoms with Crippen molar-refractivity contribution >= 4 is 40.6 Å². The van der Waals surface area contributed by atoms with Crippen molar-refractivity contribution < 1.29 is 28.9 Å². The molecule has 2 aromatic carbocycles. The number of imide groups is 1. The van der Waals surface area contributed by atoms with Gasteiger partial charge in [0.05, 0.1) is 43.9 Å². The first-order valence-electron chi connectivity index (χ1n) is 12.7. The molecule has 11 heteroatoms. The van der Waals surface area contributed by atoms with Gasteiger partial charge >= 0.3 is 4.87 Å². The Morgan fingerprint density at radius 3 is 2.18 bits per heavy atom. The minimum atomic E-state index is -0.410. The van der Waals surface area contributed by atoms with Gasteiger partial charge in [0.1, 0.15) is 5.75 Å². The lowest BCUT2D eigenvalue weighted by Gasteiger charge is -2.43. The predicted molar refractivity (Wildman–Crippen MR) is 145 cm³/mol.